The number of para-hydroxylation sites is 1. The van der Waals surface area contributed by atoms with Crippen LogP contribution in [-0.2, 0) is 0 Å². The van der Waals surface area contributed by atoms with Crippen molar-refractivity contribution in [2.24, 2.45) is 10.7 Å². The van der Waals surface area contributed by atoms with Gasteiger partial charge in [-0.2, -0.15) is 0 Å². The minimum absolute atomic E-state index is 0.358. The summed E-state index contributed by atoms with van der Waals surface area (Å²) in [6, 6.07) is 19.2. The molecule has 0 fully saturated rings. The average Bonchev–Trinajstić information content (AvgIpc) is 2.49. The molecule has 2 aromatic carbocycles. The lowest BCUT2D eigenvalue weighted by atomic mass is 10.1. The van der Waals surface area contributed by atoms with Crippen LogP contribution in [0.1, 0.15) is 18.1 Å². The Balaban J connectivity index is 1.81. The van der Waals surface area contributed by atoms with Crippen molar-refractivity contribution in [1.82, 2.24) is 0 Å². The fourth-order valence-electron chi connectivity index (χ4n) is 1.86. The Hall–Kier alpha value is -2.33. The van der Waals surface area contributed by atoms with Gasteiger partial charge in [-0.05, 0) is 24.1 Å². The van der Waals surface area contributed by atoms with Crippen molar-refractivity contribution in [3.05, 3.63) is 66.2 Å². The molecule has 104 valence electrons. The molecule has 4 N–H and O–H groups in total. The Labute approximate surface area is 119 Å². The lowest BCUT2D eigenvalue weighted by Crippen LogP contribution is -2.23. The number of guanidine groups is 1. The van der Waals surface area contributed by atoms with Gasteiger partial charge in [-0.3, -0.25) is 4.99 Å². The van der Waals surface area contributed by atoms with Gasteiger partial charge in [0.25, 0.3) is 0 Å². The third kappa shape index (κ3) is 4.40. The second kappa shape index (κ2) is 7.31. The number of benzene rings is 2. The van der Waals surface area contributed by atoms with Gasteiger partial charge < -0.3 is 16.2 Å². The van der Waals surface area contributed by atoms with Crippen LogP contribution in [0.5, 0.6) is 0 Å². The maximum absolute atomic E-state index is 9.99. The van der Waals surface area contributed by atoms with Gasteiger partial charge in [0.2, 0.25) is 0 Å². The molecule has 2 rings (SSSR count). The van der Waals surface area contributed by atoms with Crippen molar-refractivity contribution in [3.63, 3.8) is 0 Å². The number of aliphatic hydroxyl groups excluding tert-OH is 1. The molecule has 2 aromatic rings. The van der Waals surface area contributed by atoms with Gasteiger partial charge in [0.1, 0.15) is 0 Å². The van der Waals surface area contributed by atoms with Crippen molar-refractivity contribution in [3.8, 4) is 0 Å². The summed E-state index contributed by atoms with van der Waals surface area (Å²) in [7, 11) is 0. The molecule has 0 spiro atoms. The van der Waals surface area contributed by atoms with Gasteiger partial charge >= 0.3 is 0 Å². The highest BCUT2D eigenvalue weighted by Crippen LogP contribution is 2.15. The largest absolute Gasteiger partial charge is 0.388 e. The number of hydrogen-bond donors (Lipinski definition) is 3. The number of nitrogens with two attached hydrogens (primary N) is 1. The predicted octanol–water partition coefficient (Wildman–Crippen LogP) is 2.54. The molecule has 0 aliphatic rings. The molecule has 0 saturated heterocycles. The zero-order valence-electron chi connectivity index (χ0n) is 11.2. The van der Waals surface area contributed by atoms with Crippen LogP contribution in [-0.4, -0.2) is 17.6 Å². The van der Waals surface area contributed by atoms with Gasteiger partial charge in [-0.25, -0.2) is 0 Å². The minimum Gasteiger partial charge on any atom is -0.388 e. The monoisotopic (exact) mass is 269 g/mol. The van der Waals surface area contributed by atoms with E-state index in [2.05, 4.69) is 10.3 Å². The Kier molecular flexibility index (Phi) is 5.15. The molecule has 0 aliphatic carbocycles. The fraction of sp³-hybridized carbons (Fsp3) is 0.188. The average molecular weight is 269 g/mol. The first kappa shape index (κ1) is 14.1. The van der Waals surface area contributed by atoms with E-state index in [0.29, 0.717) is 18.9 Å². The Morgan fingerprint density at radius 3 is 2.30 bits per heavy atom. The normalized spacial score (nSPS) is 12.9. The van der Waals surface area contributed by atoms with Crippen LogP contribution in [0, 0.1) is 0 Å². The first-order valence-corrected chi connectivity index (χ1v) is 6.60. The predicted molar refractivity (Wildman–Crippen MR) is 82.6 cm³/mol. The number of aliphatic imine (C=N–C) groups is 1. The van der Waals surface area contributed by atoms with Crippen LogP contribution in [0.2, 0.25) is 0 Å². The van der Waals surface area contributed by atoms with Crippen molar-refractivity contribution in [2.45, 2.75) is 12.5 Å². The fourth-order valence-corrected chi connectivity index (χ4v) is 1.86. The number of hydrogen-bond acceptors (Lipinski definition) is 2. The quantitative estimate of drug-likeness (QED) is 0.577. The van der Waals surface area contributed by atoms with E-state index in [1.54, 1.807) is 0 Å². The maximum Gasteiger partial charge on any atom is 0.193 e. The van der Waals surface area contributed by atoms with E-state index in [0.717, 1.165) is 11.3 Å². The van der Waals surface area contributed by atoms with Crippen molar-refractivity contribution < 1.29 is 5.11 Å². The van der Waals surface area contributed by atoms with E-state index in [4.69, 9.17) is 5.73 Å². The molecule has 0 aromatic heterocycles. The maximum atomic E-state index is 9.99. The highest BCUT2D eigenvalue weighted by atomic mass is 16.3. The van der Waals surface area contributed by atoms with Crippen LogP contribution in [0.3, 0.4) is 0 Å². The molecule has 0 aliphatic heterocycles. The standard InChI is InChI=1S/C16H19N3O/c17-16(19-14-9-5-2-6-10-14)18-12-11-15(20)13-7-3-1-4-8-13/h1-10,15,20H,11-12H2,(H3,17,18,19). The second-order valence-corrected chi connectivity index (χ2v) is 4.47. The van der Waals surface area contributed by atoms with Crippen LogP contribution >= 0.6 is 0 Å². The topological polar surface area (TPSA) is 70.6 Å². The van der Waals surface area contributed by atoms with Crippen LogP contribution in [0.4, 0.5) is 5.69 Å². The summed E-state index contributed by atoms with van der Waals surface area (Å²) in [5, 5.41) is 13.0. The van der Waals surface area contributed by atoms with Gasteiger partial charge in [0.05, 0.1) is 6.10 Å². The SMILES string of the molecule is NC(=NCCC(O)c1ccccc1)Nc1ccccc1. The first-order chi connectivity index (χ1) is 9.75. The van der Waals surface area contributed by atoms with Gasteiger partial charge in [-0.1, -0.05) is 48.5 Å². The molecular formula is C16H19N3O. The van der Waals surface area contributed by atoms with Crippen LogP contribution in [0.15, 0.2) is 65.7 Å². The molecule has 1 atom stereocenters. The van der Waals surface area contributed by atoms with Gasteiger partial charge in [0, 0.05) is 12.2 Å². The number of rotatable bonds is 5. The summed E-state index contributed by atoms with van der Waals surface area (Å²) in [6.07, 6.45) is 0.0331. The van der Waals surface area contributed by atoms with E-state index in [1.165, 1.54) is 0 Å². The lowest BCUT2D eigenvalue weighted by molar-refractivity contribution is 0.170. The van der Waals surface area contributed by atoms with Crippen molar-refractivity contribution >= 4 is 11.6 Å². The van der Waals surface area contributed by atoms with Crippen molar-refractivity contribution in [1.29, 1.82) is 0 Å². The molecule has 1 unspecified atom stereocenters. The van der Waals surface area contributed by atoms with E-state index >= 15 is 0 Å². The van der Waals surface area contributed by atoms with E-state index in [-0.39, 0.29) is 0 Å². The molecule has 4 nitrogen and oxygen atoms in total. The Morgan fingerprint density at radius 1 is 1.05 bits per heavy atom. The molecule has 0 saturated carbocycles. The highest BCUT2D eigenvalue weighted by molar-refractivity contribution is 5.92. The lowest BCUT2D eigenvalue weighted by Gasteiger charge is -2.09. The zero-order valence-corrected chi connectivity index (χ0v) is 11.2. The summed E-state index contributed by atoms with van der Waals surface area (Å²) < 4.78 is 0. The zero-order chi connectivity index (χ0) is 14.2. The second-order valence-electron chi connectivity index (χ2n) is 4.47. The molecular weight excluding hydrogens is 250 g/mol. The Bertz CT molecular complexity index is 540. The minimum atomic E-state index is -0.510. The summed E-state index contributed by atoms with van der Waals surface area (Å²) in [6.45, 7) is 0.474. The van der Waals surface area contributed by atoms with Gasteiger partial charge in [-0.15, -0.1) is 0 Å². The molecule has 4 heteroatoms. The first-order valence-electron chi connectivity index (χ1n) is 6.60. The van der Waals surface area contributed by atoms with Crippen LogP contribution in [0.25, 0.3) is 0 Å². The number of nitrogens with zero attached hydrogens (tertiary/aromatic N) is 1. The smallest absolute Gasteiger partial charge is 0.193 e. The third-order valence-electron chi connectivity index (χ3n) is 2.92. The summed E-state index contributed by atoms with van der Waals surface area (Å²) in [5.41, 5.74) is 7.59. The summed E-state index contributed by atoms with van der Waals surface area (Å²) >= 11 is 0. The number of anilines is 1. The highest BCUT2D eigenvalue weighted by Gasteiger charge is 2.05. The third-order valence-corrected chi connectivity index (χ3v) is 2.92. The number of aliphatic hydroxyl groups is 1. The van der Waals surface area contributed by atoms with E-state index < -0.39 is 6.10 Å². The Morgan fingerprint density at radius 2 is 1.65 bits per heavy atom. The molecule has 0 heterocycles. The number of nitrogens with one attached hydrogen (secondary N) is 1. The van der Waals surface area contributed by atoms with Crippen LogP contribution < -0.4 is 11.1 Å². The molecule has 20 heavy (non-hydrogen) atoms. The van der Waals surface area contributed by atoms with Gasteiger partial charge in [0.15, 0.2) is 5.96 Å². The summed E-state index contributed by atoms with van der Waals surface area (Å²) in [4.78, 5) is 4.21. The molecule has 0 amide bonds. The van der Waals surface area contributed by atoms with E-state index in [1.807, 2.05) is 60.7 Å². The molecule has 0 radical (unpaired) electrons. The van der Waals surface area contributed by atoms with Crippen molar-refractivity contribution in [2.75, 3.05) is 11.9 Å². The molecule has 0 bridgehead atoms. The van der Waals surface area contributed by atoms with E-state index in [9.17, 15) is 5.11 Å². The summed E-state index contributed by atoms with van der Waals surface area (Å²) in [5.74, 6) is 0.358.